The highest BCUT2D eigenvalue weighted by atomic mass is 19.1. The molecular formula is C20H27FO3. The summed E-state index contributed by atoms with van der Waals surface area (Å²) in [6, 6.07) is 3.70. The van der Waals surface area contributed by atoms with E-state index in [2.05, 4.69) is 26.8 Å². The second-order valence-electron chi connectivity index (χ2n) is 7.75. The molecule has 132 valence electrons. The highest BCUT2D eigenvalue weighted by Crippen LogP contribution is 2.47. The number of hydrogen-bond donors (Lipinski definition) is 1. The molecule has 1 N–H and O–H groups in total. The molecule has 0 saturated heterocycles. The summed E-state index contributed by atoms with van der Waals surface area (Å²) < 4.78 is 25.5. The van der Waals surface area contributed by atoms with Crippen LogP contribution in [0.2, 0.25) is 0 Å². The second kappa shape index (κ2) is 6.25. The Bertz CT molecular complexity index is 706. The molecule has 0 bridgehead atoms. The number of aliphatic hydroxyl groups is 1. The molecule has 0 unspecified atom stereocenters. The third-order valence-corrected chi connectivity index (χ3v) is 4.21. The number of hydrogen-bond acceptors (Lipinski definition) is 3. The number of ether oxygens (including phenoxy) is 2. The molecule has 4 heteroatoms. The summed E-state index contributed by atoms with van der Waals surface area (Å²) in [6.07, 6.45) is 2.12. The summed E-state index contributed by atoms with van der Waals surface area (Å²) in [4.78, 5) is 0. The van der Waals surface area contributed by atoms with Crippen molar-refractivity contribution in [2.24, 2.45) is 5.41 Å². The van der Waals surface area contributed by atoms with E-state index in [1.54, 1.807) is 20.1 Å². The SMILES string of the molecule is COc1cc2c(cc1C(C)=C(F)CO)C(C(C)(C)C)=CC(C)(C)O2. The monoisotopic (exact) mass is 334 g/mol. The van der Waals surface area contributed by atoms with Crippen molar-refractivity contribution in [1.82, 2.24) is 0 Å². The minimum Gasteiger partial charge on any atom is -0.496 e. The lowest BCUT2D eigenvalue weighted by Gasteiger charge is -2.36. The molecule has 0 aromatic heterocycles. The Balaban J connectivity index is 2.75. The van der Waals surface area contributed by atoms with Gasteiger partial charge in [-0.2, -0.15) is 0 Å². The Labute approximate surface area is 143 Å². The van der Waals surface area contributed by atoms with E-state index >= 15 is 0 Å². The third kappa shape index (κ3) is 3.48. The summed E-state index contributed by atoms with van der Waals surface area (Å²) in [7, 11) is 1.55. The van der Waals surface area contributed by atoms with E-state index in [0.717, 1.165) is 16.9 Å². The molecule has 0 atom stereocenters. The van der Waals surface area contributed by atoms with Crippen LogP contribution in [0.15, 0.2) is 24.0 Å². The van der Waals surface area contributed by atoms with Gasteiger partial charge < -0.3 is 14.6 Å². The van der Waals surface area contributed by atoms with E-state index in [1.165, 1.54) is 0 Å². The number of aliphatic hydroxyl groups excluding tert-OH is 1. The van der Waals surface area contributed by atoms with E-state index in [9.17, 15) is 4.39 Å². The van der Waals surface area contributed by atoms with Gasteiger partial charge in [-0.15, -0.1) is 0 Å². The topological polar surface area (TPSA) is 38.7 Å². The summed E-state index contributed by atoms with van der Waals surface area (Å²) in [5.41, 5.74) is 2.56. The van der Waals surface area contributed by atoms with Crippen LogP contribution in [-0.4, -0.2) is 24.4 Å². The van der Waals surface area contributed by atoms with Crippen LogP contribution in [0.4, 0.5) is 4.39 Å². The number of methoxy groups -OCH3 is 1. The van der Waals surface area contributed by atoms with Gasteiger partial charge in [0.2, 0.25) is 0 Å². The van der Waals surface area contributed by atoms with E-state index < -0.39 is 18.0 Å². The number of halogens is 1. The third-order valence-electron chi connectivity index (χ3n) is 4.21. The van der Waals surface area contributed by atoms with Crippen molar-refractivity contribution in [3.05, 3.63) is 35.2 Å². The molecule has 2 rings (SSSR count). The van der Waals surface area contributed by atoms with Gasteiger partial charge in [0.25, 0.3) is 0 Å². The second-order valence-corrected chi connectivity index (χ2v) is 7.75. The largest absolute Gasteiger partial charge is 0.496 e. The molecule has 1 aromatic carbocycles. The fraction of sp³-hybridized carbons (Fsp3) is 0.500. The minimum atomic E-state index is -0.627. The van der Waals surface area contributed by atoms with Crippen LogP contribution in [-0.2, 0) is 0 Å². The van der Waals surface area contributed by atoms with E-state index in [1.807, 2.05) is 19.9 Å². The molecule has 0 radical (unpaired) electrons. The number of allylic oxidation sites excluding steroid dienone is 2. The molecule has 1 aliphatic heterocycles. The number of benzene rings is 1. The van der Waals surface area contributed by atoms with Crippen LogP contribution in [0.3, 0.4) is 0 Å². The Morgan fingerprint density at radius 3 is 2.42 bits per heavy atom. The summed E-state index contributed by atoms with van der Waals surface area (Å²) in [6.45, 7) is 11.5. The van der Waals surface area contributed by atoms with Crippen molar-refractivity contribution < 1.29 is 19.0 Å². The van der Waals surface area contributed by atoms with Gasteiger partial charge in [-0.3, -0.25) is 0 Å². The Morgan fingerprint density at radius 1 is 1.29 bits per heavy atom. The first-order valence-corrected chi connectivity index (χ1v) is 8.11. The van der Waals surface area contributed by atoms with Crippen LogP contribution in [0.5, 0.6) is 11.5 Å². The van der Waals surface area contributed by atoms with Crippen molar-refractivity contribution in [2.45, 2.75) is 47.1 Å². The predicted octanol–water partition coefficient (Wildman–Crippen LogP) is 4.99. The smallest absolute Gasteiger partial charge is 0.131 e. The van der Waals surface area contributed by atoms with Gasteiger partial charge in [0.05, 0.1) is 13.7 Å². The number of rotatable bonds is 3. The van der Waals surface area contributed by atoms with Gasteiger partial charge in [-0.1, -0.05) is 20.8 Å². The molecule has 24 heavy (non-hydrogen) atoms. The molecule has 0 fully saturated rings. The van der Waals surface area contributed by atoms with E-state index in [-0.39, 0.29) is 5.41 Å². The summed E-state index contributed by atoms with van der Waals surface area (Å²) >= 11 is 0. The predicted molar refractivity (Wildman–Crippen MR) is 95.9 cm³/mol. The number of fused-ring (bicyclic) bond motifs is 1. The molecule has 0 saturated carbocycles. The fourth-order valence-electron chi connectivity index (χ4n) is 2.94. The zero-order valence-electron chi connectivity index (χ0n) is 15.6. The maximum Gasteiger partial charge on any atom is 0.131 e. The molecule has 1 aromatic rings. The quantitative estimate of drug-likeness (QED) is 0.846. The first-order valence-electron chi connectivity index (χ1n) is 8.11. The van der Waals surface area contributed by atoms with Gasteiger partial charge >= 0.3 is 0 Å². The zero-order valence-corrected chi connectivity index (χ0v) is 15.6. The molecule has 0 amide bonds. The molecule has 1 aliphatic rings. The van der Waals surface area contributed by atoms with E-state index in [0.29, 0.717) is 16.9 Å². The molecular weight excluding hydrogens is 307 g/mol. The van der Waals surface area contributed by atoms with Gasteiger partial charge in [-0.25, -0.2) is 4.39 Å². The van der Waals surface area contributed by atoms with Crippen molar-refractivity contribution in [3.63, 3.8) is 0 Å². The van der Waals surface area contributed by atoms with E-state index in [4.69, 9.17) is 14.6 Å². The standard InChI is InChI=1S/C20H27FO3/c1-12(16(21)11-22)13-8-14-15(19(2,3)4)10-20(5,6)24-18(14)9-17(13)23-7/h8-10,22H,11H2,1-7H3. The lowest BCUT2D eigenvalue weighted by atomic mass is 9.77. The molecule has 0 aliphatic carbocycles. The van der Waals surface area contributed by atoms with Gasteiger partial charge in [0.1, 0.15) is 22.9 Å². The van der Waals surface area contributed by atoms with Gasteiger partial charge in [0.15, 0.2) is 0 Å². The van der Waals surface area contributed by atoms with Crippen LogP contribution < -0.4 is 9.47 Å². The highest BCUT2D eigenvalue weighted by molar-refractivity contribution is 5.82. The average Bonchev–Trinajstić information content (AvgIpc) is 2.49. The maximum absolute atomic E-state index is 13.9. The van der Waals surface area contributed by atoms with Gasteiger partial charge in [-0.05, 0) is 49.5 Å². The maximum atomic E-state index is 13.9. The average molecular weight is 334 g/mol. The van der Waals surface area contributed by atoms with Gasteiger partial charge in [0, 0.05) is 17.2 Å². The lowest BCUT2D eigenvalue weighted by Crippen LogP contribution is -2.31. The fourth-order valence-corrected chi connectivity index (χ4v) is 2.94. The molecule has 3 nitrogen and oxygen atoms in total. The van der Waals surface area contributed by atoms with Crippen LogP contribution in [0, 0.1) is 5.41 Å². The van der Waals surface area contributed by atoms with Crippen molar-refractivity contribution >= 4 is 11.1 Å². The van der Waals surface area contributed by atoms with Crippen molar-refractivity contribution in [2.75, 3.05) is 13.7 Å². The lowest BCUT2D eigenvalue weighted by molar-refractivity contribution is 0.155. The van der Waals surface area contributed by atoms with Crippen molar-refractivity contribution in [1.29, 1.82) is 0 Å². The Hall–Kier alpha value is -1.81. The Morgan fingerprint density at radius 2 is 1.92 bits per heavy atom. The molecule has 1 heterocycles. The van der Waals surface area contributed by atoms with Crippen LogP contribution in [0.1, 0.15) is 52.7 Å². The zero-order chi connectivity index (χ0) is 18.3. The first kappa shape index (κ1) is 18.5. The molecule has 0 spiro atoms. The van der Waals surface area contributed by atoms with Crippen molar-refractivity contribution in [3.8, 4) is 11.5 Å². The minimum absolute atomic E-state index is 0.0885. The summed E-state index contributed by atoms with van der Waals surface area (Å²) in [5, 5.41) is 9.11. The summed E-state index contributed by atoms with van der Waals surface area (Å²) in [5.74, 6) is 0.692. The Kier molecular flexibility index (Phi) is 4.82. The normalized spacial score (nSPS) is 17.5. The van der Waals surface area contributed by atoms with Crippen LogP contribution in [0.25, 0.3) is 11.1 Å². The first-order chi connectivity index (χ1) is 11.0. The highest BCUT2D eigenvalue weighted by Gasteiger charge is 2.33. The van der Waals surface area contributed by atoms with Crippen LogP contribution >= 0.6 is 0 Å².